The number of alkyl halides is 9. The second-order valence-corrected chi connectivity index (χ2v) is 16.9. The van der Waals surface area contributed by atoms with Crippen LogP contribution in [0, 0.1) is 35.7 Å². The summed E-state index contributed by atoms with van der Waals surface area (Å²) >= 11 is 0. The Morgan fingerprint density at radius 3 is 0.989 bits per heavy atom. The van der Waals surface area contributed by atoms with Gasteiger partial charge in [-0.1, -0.05) is 87.4 Å². The van der Waals surface area contributed by atoms with Gasteiger partial charge in [-0.2, -0.15) is 12.2 Å². The van der Waals surface area contributed by atoms with Crippen LogP contribution in [0.3, 0.4) is 0 Å². The summed E-state index contributed by atoms with van der Waals surface area (Å²) in [5, 5.41) is 18.6. The number of rotatable bonds is 11. The maximum atomic E-state index is 13.2. The van der Waals surface area contributed by atoms with Gasteiger partial charge in [0.2, 0.25) is 5.91 Å². The molecule has 27 heteroatoms. The number of aromatic nitrogens is 3. The van der Waals surface area contributed by atoms with Crippen LogP contribution in [0.5, 0.6) is 17.2 Å². The third kappa shape index (κ3) is 24.1. The molecule has 0 bridgehead atoms. The maximum Gasteiger partial charge on any atom is 0.573 e. The standard InChI is InChI=1S/C19H12F4N2O3.C19H10F4N2O2.C19H11F4NO4.C2H6.C2H5.5CH4.V/c20-12-3-1-11(2-4-12)16-10-25(17(26)9-15(16)18(24)27)13-5-7-14(8-6-13)28-19(21,22)23;20-14-3-1-12(2-4-14)17-11-25(18(26)9-13(17)10-24)15-5-7-16(8-6-15)27-19(21,22)23;20-12-3-1-11(2-4-12)16-10-24(17(25)9-15(16)18(26)27)13-5-7-14(8-6-13)28-19(21,22)23;2*1-2;;;;;;/h1-10H,(H2,24,27);1-9,11H;1-10H,(H,26,27);1-2H3;1H2,2H3;5*1H4;/q;;;;-1;;;;;;/i;;;1D;;;;;;;. The van der Waals surface area contributed by atoms with Crippen molar-refractivity contribution in [2.24, 2.45) is 5.73 Å². The molecule has 6 aromatic carbocycles. The molecule has 0 aliphatic carbocycles. The van der Waals surface area contributed by atoms with Crippen molar-refractivity contribution in [2.45, 2.75) is 77.0 Å². The Kier molecular flexibility index (Phi) is 33.1. The van der Waals surface area contributed by atoms with Gasteiger partial charge in [-0.15, -0.1) is 39.5 Å². The first-order chi connectivity index (χ1) is 41.5. The van der Waals surface area contributed by atoms with Crippen molar-refractivity contribution in [1.82, 2.24) is 13.7 Å². The minimum absolute atomic E-state index is 0. The van der Waals surface area contributed by atoms with E-state index in [1.54, 1.807) is 13.8 Å². The summed E-state index contributed by atoms with van der Waals surface area (Å²) in [6.07, 6.45) is -10.6. The number of nitriles is 1. The fourth-order valence-corrected chi connectivity index (χ4v) is 7.68. The number of carboxylic acid groups (broad SMARTS) is 1. The average molecular weight is 1350 g/mol. The van der Waals surface area contributed by atoms with Gasteiger partial charge >= 0.3 is 25.1 Å². The largest absolute Gasteiger partial charge is 0.573 e. The molecule has 1 amide bonds. The molecule has 3 aromatic heterocycles. The van der Waals surface area contributed by atoms with E-state index in [1.807, 2.05) is 6.07 Å². The Labute approximate surface area is 541 Å². The number of carboxylic acids is 1. The van der Waals surface area contributed by atoms with Gasteiger partial charge in [-0.3, -0.25) is 32.9 Å². The first kappa shape index (κ1) is 82.7. The average Bonchev–Trinajstić information content (AvgIpc) is 0.817. The van der Waals surface area contributed by atoms with E-state index in [4.69, 9.17) is 7.10 Å². The van der Waals surface area contributed by atoms with Crippen LogP contribution >= 0.6 is 0 Å². The van der Waals surface area contributed by atoms with E-state index in [-0.39, 0.29) is 101 Å². The molecule has 0 unspecified atom stereocenters. The van der Waals surface area contributed by atoms with Crippen molar-refractivity contribution in [3.8, 4) is 73.8 Å². The molecule has 1 radical (unpaired) electrons. The number of benzene rings is 6. The second kappa shape index (κ2) is 37.2. The number of halogens is 12. The third-order valence-electron chi connectivity index (χ3n) is 11.3. The summed E-state index contributed by atoms with van der Waals surface area (Å²) in [6, 6.07) is 34.2. The first-order valence-corrected chi connectivity index (χ1v) is 24.6. The van der Waals surface area contributed by atoms with E-state index >= 15 is 0 Å². The van der Waals surface area contributed by atoms with Gasteiger partial charge in [-0.25, -0.2) is 18.0 Å². The Balaban J connectivity index is 0. The van der Waals surface area contributed by atoms with Gasteiger partial charge in [0.05, 0.1) is 16.7 Å². The molecule has 0 aliphatic heterocycles. The number of hydrogen-bond donors (Lipinski definition) is 2. The number of ether oxygens (including phenoxy) is 3. The summed E-state index contributed by atoms with van der Waals surface area (Å²) in [5.41, 5.74) is 6.01. The minimum atomic E-state index is -4.85. The number of primary amides is 1. The van der Waals surface area contributed by atoms with Crippen LogP contribution < -0.4 is 36.6 Å². The summed E-state index contributed by atoms with van der Waals surface area (Å²) in [5.74, 6) is -5.00. The molecular weight excluding hydrogens is 1290 g/mol. The topological polar surface area (TPSA) is 198 Å². The summed E-state index contributed by atoms with van der Waals surface area (Å²) in [4.78, 5) is 60.2. The van der Waals surface area contributed by atoms with Crippen LogP contribution in [-0.2, 0) is 18.6 Å². The van der Waals surface area contributed by atoms with Crippen molar-refractivity contribution in [2.75, 3.05) is 0 Å². The van der Waals surface area contributed by atoms with Crippen LogP contribution in [0.25, 0.3) is 50.4 Å². The van der Waals surface area contributed by atoms with E-state index in [9.17, 15) is 87.0 Å². The van der Waals surface area contributed by atoms with E-state index in [0.29, 0.717) is 29.2 Å². The predicted molar refractivity (Wildman–Crippen MR) is 329 cm³/mol. The number of aromatic carboxylic acids is 1. The number of carbonyl (C=O) groups is 2. The minimum Gasteiger partial charge on any atom is -0.478 e. The molecule has 0 atom stereocenters. The Morgan fingerprint density at radius 1 is 0.484 bits per heavy atom. The Hall–Kier alpha value is -10.3. The number of nitrogens with two attached hydrogens (primary N) is 1. The summed E-state index contributed by atoms with van der Waals surface area (Å²) in [7, 11) is 0. The second-order valence-electron chi connectivity index (χ2n) is 16.9. The van der Waals surface area contributed by atoms with Crippen molar-refractivity contribution in [3.05, 3.63) is 255 Å². The van der Waals surface area contributed by atoms with E-state index in [2.05, 4.69) is 21.1 Å². The van der Waals surface area contributed by atoms with E-state index in [1.165, 1.54) is 120 Å². The van der Waals surface area contributed by atoms with Gasteiger partial charge in [0, 0.05) is 90.5 Å². The number of amides is 1. The molecule has 9 aromatic rings. The zero-order chi connectivity index (χ0) is 65.3. The van der Waals surface area contributed by atoms with E-state index < -0.39 is 82.3 Å². The number of hydrogen-bond acceptors (Lipinski definition) is 9. The molecular formula is C66H64F12N5O9V-. The molecule has 3 N–H and O–H groups in total. The third-order valence-corrected chi connectivity index (χ3v) is 11.3. The first-order valence-electron chi connectivity index (χ1n) is 25.3. The molecule has 9 rings (SSSR count). The molecule has 0 saturated carbocycles. The van der Waals surface area contributed by atoms with Crippen LogP contribution in [0.4, 0.5) is 52.7 Å². The van der Waals surface area contributed by atoms with Crippen LogP contribution in [0.15, 0.2) is 197 Å². The number of carbonyl (C=O) groups excluding carboxylic acids is 1. The fraction of sp³-hybridized carbons (Fsp3) is 0.167. The van der Waals surface area contributed by atoms with Crippen molar-refractivity contribution < 1.29 is 102 Å². The van der Waals surface area contributed by atoms with Crippen LogP contribution in [-0.4, -0.2) is 49.8 Å². The number of nitrogens with zero attached hydrogens (tertiary/aromatic N) is 4. The molecule has 0 aliphatic rings. The molecule has 0 fully saturated rings. The van der Waals surface area contributed by atoms with Gasteiger partial charge in [0.15, 0.2) is 0 Å². The smallest absolute Gasteiger partial charge is 0.478 e. The van der Waals surface area contributed by atoms with Crippen molar-refractivity contribution in [3.63, 3.8) is 0 Å². The van der Waals surface area contributed by atoms with Crippen molar-refractivity contribution >= 4 is 11.9 Å². The summed E-state index contributed by atoms with van der Waals surface area (Å²) < 4.78 is 171. The van der Waals surface area contributed by atoms with Crippen LogP contribution in [0.1, 0.15) is 85.5 Å². The Morgan fingerprint density at radius 2 is 0.731 bits per heavy atom. The van der Waals surface area contributed by atoms with E-state index in [0.717, 1.165) is 75.9 Å². The zero-order valence-corrected chi connectivity index (χ0v) is 46.7. The van der Waals surface area contributed by atoms with Gasteiger partial charge in [-0.05, 0) is 126 Å². The summed E-state index contributed by atoms with van der Waals surface area (Å²) in [6.45, 7) is 7.29. The van der Waals surface area contributed by atoms with Gasteiger partial charge in [0.1, 0.15) is 40.8 Å². The fourth-order valence-electron chi connectivity index (χ4n) is 7.68. The SMILES string of the molecule is C.C.C.C.C.N#Cc1cc(=O)n(-c2ccc(OC(F)(F)F)cc2)cc1-c1ccc(F)cc1.NC(=O)c1cc(=O)n(-c2ccc(OC(F)(F)F)cc2)cc1-c1ccc(F)cc1.O=C(O)c1cc(=O)n(-c2ccc(OC(F)(F)F)cc2)cc1-c1ccc(F)cc1.[2H]CC.[CH2-]C.[V]. The number of pyridine rings is 3. The van der Waals surface area contributed by atoms with Gasteiger partial charge in [0.25, 0.3) is 16.7 Å². The molecule has 0 spiro atoms. The Bertz CT molecular complexity index is 3910. The molecule has 93 heavy (non-hydrogen) atoms. The van der Waals surface area contributed by atoms with Crippen LogP contribution in [0.2, 0.25) is 0 Å². The quantitative estimate of drug-likeness (QED) is 0.0928. The van der Waals surface area contributed by atoms with Crippen molar-refractivity contribution in [1.29, 1.82) is 5.26 Å². The van der Waals surface area contributed by atoms with Gasteiger partial charge < -0.3 is 32.0 Å². The predicted octanol–water partition coefficient (Wildman–Crippen LogP) is 17.3. The molecule has 3 heterocycles. The molecule has 14 nitrogen and oxygen atoms in total. The molecule has 497 valence electrons. The normalized spacial score (nSPS) is 10.3. The molecule has 0 saturated heterocycles. The maximum absolute atomic E-state index is 13.2. The monoisotopic (exact) mass is 1350 g/mol. The zero-order valence-electron chi connectivity index (χ0n) is 46.3.